The molecule has 0 atom stereocenters. The molecule has 0 aromatic heterocycles. The molecule has 2 rings (SSSR count). The van der Waals surface area contributed by atoms with E-state index in [0.717, 1.165) is 0 Å². The van der Waals surface area contributed by atoms with Crippen molar-refractivity contribution in [3.05, 3.63) is 54.1 Å². The van der Waals surface area contributed by atoms with Crippen LogP contribution in [0.5, 0.6) is 5.75 Å². The minimum absolute atomic E-state index is 0.0354. The average molecular weight is 406 g/mol. The molecule has 0 aliphatic heterocycles. The first-order valence-electron chi connectivity index (χ1n) is 7.23. The molecular formula is C15H16F2N2O5S2. The number of benzene rings is 2. The van der Waals surface area contributed by atoms with Crippen molar-refractivity contribution < 1.29 is 30.4 Å². The Hall–Kier alpha value is -2.24. The summed E-state index contributed by atoms with van der Waals surface area (Å²) in [7, 11) is -7.96. The van der Waals surface area contributed by atoms with Gasteiger partial charge in [0.1, 0.15) is 10.6 Å². The van der Waals surface area contributed by atoms with Gasteiger partial charge in [-0.15, -0.1) is 0 Å². The van der Waals surface area contributed by atoms with E-state index in [4.69, 9.17) is 5.14 Å². The van der Waals surface area contributed by atoms with Crippen molar-refractivity contribution in [2.75, 3.05) is 10.5 Å². The number of nitrogens with one attached hydrogen (secondary N) is 1. The number of rotatable bonds is 8. The molecule has 0 heterocycles. The van der Waals surface area contributed by atoms with Crippen molar-refractivity contribution in [1.82, 2.24) is 0 Å². The number of nitrogens with two attached hydrogens (primary N) is 1. The highest BCUT2D eigenvalue weighted by molar-refractivity contribution is 7.93. The predicted molar refractivity (Wildman–Crippen MR) is 92.0 cm³/mol. The molecule has 0 amide bonds. The minimum atomic E-state index is -4.09. The summed E-state index contributed by atoms with van der Waals surface area (Å²) in [6, 6.07) is 10.9. The summed E-state index contributed by atoms with van der Waals surface area (Å²) in [6.07, 6.45) is 0.0852. The lowest BCUT2D eigenvalue weighted by atomic mass is 10.2. The summed E-state index contributed by atoms with van der Waals surface area (Å²) >= 11 is 0. The molecule has 26 heavy (non-hydrogen) atoms. The van der Waals surface area contributed by atoms with Crippen LogP contribution in [0.25, 0.3) is 0 Å². The van der Waals surface area contributed by atoms with E-state index in [-0.39, 0.29) is 28.5 Å². The van der Waals surface area contributed by atoms with Crippen molar-refractivity contribution in [3.8, 4) is 5.75 Å². The van der Waals surface area contributed by atoms with Gasteiger partial charge < -0.3 is 4.74 Å². The number of aryl methyl sites for hydroxylation is 1. The molecule has 0 aliphatic rings. The van der Waals surface area contributed by atoms with Crippen LogP contribution >= 0.6 is 0 Å². The van der Waals surface area contributed by atoms with E-state index in [1.807, 2.05) is 0 Å². The molecule has 0 aliphatic carbocycles. The van der Waals surface area contributed by atoms with Crippen molar-refractivity contribution in [2.45, 2.75) is 17.9 Å². The van der Waals surface area contributed by atoms with Crippen molar-refractivity contribution in [2.24, 2.45) is 5.14 Å². The highest BCUT2D eigenvalue weighted by Gasteiger charge is 2.18. The van der Waals surface area contributed by atoms with Crippen LogP contribution in [0.3, 0.4) is 0 Å². The first-order valence-corrected chi connectivity index (χ1v) is 10.4. The van der Waals surface area contributed by atoms with Crippen LogP contribution in [0, 0.1) is 0 Å². The lowest BCUT2D eigenvalue weighted by Crippen LogP contribution is -2.21. The van der Waals surface area contributed by atoms with Gasteiger partial charge >= 0.3 is 6.61 Å². The van der Waals surface area contributed by atoms with Crippen LogP contribution in [0.1, 0.15) is 5.56 Å². The van der Waals surface area contributed by atoms with Crippen molar-refractivity contribution in [3.63, 3.8) is 0 Å². The summed E-state index contributed by atoms with van der Waals surface area (Å²) in [5.41, 5.74) is 0.437. The summed E-state index contributed by atoms with van der Waals surface area (Å²) in [5, 5.41) is 5.06. The van der Waals surface area contributed by atoms with E-state index >= 15 is 0 Å². The number of para-hydroxylation sites is 1. The summed E-state index contributed by atoms with van der Waals surface area (Å²) in [4.78, 5) is -0.336. The molecule has 0 saturated heterocycles. The number of sulfonamides is 2. The fourth-order valence-electron chi connectivity index (χ4n) is 2.11. The number of alkyl halides is 2. The number of hydrogen-bond acceptors (Lipinski definition) is 5. The highest BCUT2D eigenvalue weighted by atomic mass is 32.2. The lowest BCUT2D eigenvalue weighted by molar-refractivity contribution is -0.0498. The second-order valence-corrected chi connectivity index (χ2v) is 8.61. The van der Waals surface area contributed by atoms with E-state index in [0.29, 0.717) is 5.56 Å². The third-order valence-electron chi connectivity index (χ3n) is 3.27. The number of ether oxygens (including phenoxy) is 1. The molecule has 0 bridgehead atoms. The van der Waals surface area contributed by atoms with Gasteiger partial charge in [0.2, 0.25) is 20.0 Å². The first kappa shape index (κ1) is 20.1. The van der Waals surface area contributed by atoms with E-state index in [1.165, 1.54) is 48.5 Å². The molecule has 0 unspecified atom stereocenters. The lowest BCUT2D eigenvalue weighted by Gasteiger charge is -2.11. The number of anilines is 1. The fourth-order valence-corrected chi connectivity index (χ4v) is 3.99. The summed E-state index contributed by atoms with van der Waals surface area (Å²) < 4.78 is 78.0. The normalized spacial score (nSPS) is 12.2. The third kappa shape index (κ3) is 5.93. The molecule has 11 heteroatoms. The fraction of sp³-hybridized carbons (Fsp3) is 0.200. The van der Waals surface area contributed by atoms with E-state index in [9.17, 15) is 25.6 Å². The number of hydrogen-bond donors (Lipinski definition) is 2. The van der Waals surface area contributed by atoms with Gasteiger partial charge in [0.15, 0.2) is 0 Å². The van der Waals surface area contributed by atoms with Crippen LogP contribution < -0.4 is 14.6 Å². The molecular weight excluding hydrogens is 390 g/mol. The van der Waals surface area contributed by atoms with E-state index < -0.39 is 26.7 Å². The maximum absolute atomic E-state index is 12.2. The van der Waals surface area contributed by atoms with Crippen LogP contribution in [0.4, 0.5) is 14.5 Å². The predicted octanol–water partition coefficient (Wildman–Crippen LogP) is 1.92. The first-order chi connectivity index (χ1) is 12.1. The average Bonchev–Trinajstić information content (AvgIpc) is 2.53. The Labute approximate surface area is 149 Å². The number of primary sulfonamides is 1. The molecule has 142 valence electrons. The second kappa shape index (κ2) is 7.98. The molecule has 2 aromatic carbocycles. The molecule has 3 N–H and O–H groups in total. The maximum Gasteiger partial charge on any atom is 0.387 e. The topological polar surface area (TPSA) is 116 Å². The molecule has 0 spiro atoms. The SMILES string of the molecule is NS(=O)(=O)c1ccccc1NS(=O)(=O)CCc1ccc(OC(F)F)cc1. The van der Waals surface area contributed by atoms with E-state index in [1.54, 1.807) is 0 Å². The Morgan fingerprint density at radius 1 is 1.00 bits per heavy atom. The quantitative estimate of drug-likeness (QED) is 0.695. The van der Waals surface area contributed by atoms with E-state index in [2.05, 4.69) is 9.46 Å². The smallest absolute Gasteiger partial charge is 0.387 e. The van der Waals surface area contributed by atoms with Gasteiger partial charge in [-0.25, -0.2) is 22.0 Å². The van der Waals surface area contributed by atoms with Crippen LogP contribution in [0.15, 0.2) is 53.4 Å². The third-order valence-corrected chi connectivity index (χ3v) is 5.51. The summed E-state index contributed by atoms with van der Waals surface area (Å²) in [6.45, 7) is -2.94. The zero-order chi connectivity index (χ0) is 19.4. The van der Waals surface area contributed by atoms with Crippen LogP contribution in [-0.4, -0.2) is 29.2 Å². The Morgan fingerprint density at radius 2 is 1.62 bits per heavy atom. The Bertz CT molecular complexity index is 962. The van der Waals surface area contributed by atoms with Crippen LogP contribution in [0.2, 0.25) is 0 Å². The van der Waals surface area contributed by atoms with Gasteiger partial charge in [-0.1, -0.05) is 24.3 Å². The zero-order valence-corrected chi connectivity index (χ0v) is 14.9. The standard InChI is InChI=1S/C15H16F2N2O5S2/c16-15(17)24-12-7-5-11(6-8-12)9-10-25(20,21)19-13-3-1-2-4-14(13)26(18,22)23/h1-8,15,19H,9-10H2,(H2,18,22,23). The van der Waals surface area contributed by atoms with Crippen molar-refractivity contribution in [1.29, 1.82) is 0 Å². The molecule has 2 aromatic rings. The Balaban J connectivity index is 2.06. The van der Waals surface area contributed by atoms with Gasteiger partial charge in [-0.3, -0.25) is 4.72 Å². The van der Waals surface area contributed by atoms with Gasteiger partial charge in [-0.2, -0.15) is 8.78 Å². The van der Waals surface area contributed by atoms with Gasteiger partial charge in [0, 0.05) is 0 Å². The Kier molecular flexibility index (Phi) is 6.16. The zero-order valence-electron chi connectivity index (χ0n) is 13.3. The molecule has 0 fully saturated rings. The van der Waals surface area contributed by atoms with Gasteiger partial charge in [0.25, 0.3) is 0 Å². The maximum atomic E-state index is 12.2. The largest absolute Gasteiger partial charge is 0.435 e. The Morgan fingerprint density at radius 3 is 2.19 bits per heavy atom. The van der Waals surface area contributed by atoms with Crippen LogP contribution in [-0.2, 0) is 26.5 Å². The molecule has 7 nitrogen and oxygen atoms in total. The number of halogens is 2. The van der Waals surface area contributed by atoms with Gasteiger partial charge in [-0.05, 0) is 36.2 Å². The molecule has 0 saturated carbocycles. The minimum Gasteiger partial charge on any atom is -0.435 e. The monoisotopic (exact) mass is 406 g/mol. The second-order valence-electron chi connectivity index (χ2n) is 5.23. The van der Waals surface area contributed by atoms with Crippen molar-refractivity contribution >= 4 is 25.7 Å². The molecule has 0 radical (unpaired) electrons. The highest BCUT2D eigenvalue weighted by Crippen LogP contribution is 2.21. The van der Waals surface area contributed by atoms with Gasteiger partial charge in [0.05, 0.1) is 11.4 Å². The summed E-state index contributed by atoms with van der Waals surface area (Å²) in [5.74, 6) is -0.382.